The number of aryl methyl sites for hydroxylation is 2. The van der Waals surface area contributed by atoms with E-state index < -0.39 is 12.1 Å². The monoisotopic (exact) mass is 270 g/mol. The third-order valence-corrected chi connectivity index (χ3v) is 3.08. The van der Waals surface area contributed by atoms with Crippen molar-refractivity contribution in [2.24, 2.45) is 0 Å². The first-order chi connectivity index (χ1) is 9.54. The van der Waals surface area contributed by atoms with E-state index in [1.165, 1.54) is 0 Å². The second-order valence-corrected chi connectivity index (χ2v) is 4.95. The zero-order valence-corrected chi connectivity index (χ0v) is 11.7. The summed E-state index contributed by atoms with van der Waals surface area (Å²) in [7, 11) is 0. The molecule has 104 valence electrons. The zero-order chi connectivity index (χ0) is 14.5. The topological polar surface area (TPSA) is 46.5 Å². The van der Waals surface area contributed by atoms with Gasteiger partial charge in [0.25, 0.3) is 0 Å². The lowest BCUT2D eigenvalue weighted by Gasteiger charge is -2.15. The molecule has 2 aromatic rings. The van der Waals surface area contributed by atoms with Crippen LogP contribution in [0.2, 0.25) is 0 Å². The molecule has 0 aliphatic heterocycles. The van der Waals surface area contributed by atoms with Crippen LogP contribution in [0.4, 0.5) is 0 Å². The quantitative estimate of drug-likeness (QED) is 0.906. The van der Waals surface area contributed by atoms with Crippen LogP contribution in [-0.2, 0) is 11.2 Å². The van der Waals surface area contributed by atoms with Crippen LogP contribution in [0.5, 0.6) is 5.75 Å². The first-order valence-electron chi connectivity index (χ1n) is 6.56. The number of benzene rings is 2. The number of carboxylic acid groups (broad SMARTS) is 1. The maximum absolute atomic E-state index is 11.3. The lowest BCUT2D eigenvalue weighted by atomic mass is 10.1. The maximum Gasteiger partial charge on any atom is 0.345 e. The molecule has 0 saturated heterocycles. The van der Waals surface area contributed by atoms with Gasteiger partial charge in [-0.05, 0) is 31.5 Å². The van der Waals surface area contributed by atoms with Crippen molar-refractivity contribution in [1.82, 2.24) is 0 Å². The van der Waals surface area contributed by atoms with Gasteiger partial charge in [-0.25, -0.2) is 4.79 Å². The van der Waals surface area contributed by atoms with Gasteiger partial charge in [-0.1, -0.05) is 47.5 Å². The van der Waals surface area contributed by atoms with Crippen molar-refractivity contribution >= 4 is 5.97 Å². The lowest BCUT2D eigenvalue weighted by molar-refractivity contribution is -0.145. The van der Waals surface area contributed by atoms with Gasteiger partial charge < -0.3 is 9.84 Å². The van der Waals surface area contributed by atoms with E-state index in [1.807, 2.05) is 50.2 Å². The zero-order valence-electron chi connectivity index (χ0n) is 11.7. The van der Waals surface area contributed by atoms with E-state index in [1.54, 1.807) is 12.1 Å². The summed E-state index contributed by atoms with van der Waals surface area (Å²) in [6, 6.07) is 15.2. The standard InChI is InChI=1S/C17H18O3/c1-12-6-8-15(9-7-12)20-16(17(18)19)11-14-5-3-4-13(2)10-14/h3-10,16H,11H2,1-2H3,(H,18,19)/t16-/m0/s1. The molecule has 0 saturated carbocycles. The summed E-state index contributed by atoms with van der Waals surface area (Å²) in [4.78, 5) is 11.3. The predicted octanol–water partition coefficient (Wildman–Crippen LogP) is 3.38. The van der Waals surface area contributed by atoms with E-state index in [2.05, 4.69) is 0 Å². The van der Waals surface area contributed by atoms with Gasteiger partial charge in [-0.3, -0.25) is 0 Å². The minimum atomic E-state index is -0.952. The molecule has 0 spiro atoms. The van der Waals surface area contributed by atoms with Gasteiger partial charge >= 0.3 is 5.97 Å². The predicted molar refractivity (Wildman–Crippen MR) is 78.1 cm³/mol. The average Bonchev–Trinajstić information content (AvgIpc) is 2.40. The summed E-state index contributed by atoms with van der Waals surface area (Å²) in [5.41, 5.74) is 3.19. The molecule has 20 heavy (non-hydrogen) atoms. The van der Waals surface area contributed by atoms with Crippen molar-refractivity contribution in [1.29, 1.82) is 0 Å². The average molecular weight is 270 g/mol. The summed E-state index contributed by atoms with van der Waals surface area (Å²) in [6.45, 7) is 3.96. The fourth-order valence-electron chi connectivity index (χ4n) is 2.01. The van der Waals surface area contributed by atoms with E-state index in [0.717, 1.165) is 16.7 Å². The van der Waals surface area contributed by atoms with Gasteiger partial charge in [-0.2, -0.15) is 0 Å². The van der Waals surface area contributed by atoms with Crippen molar-refractivity contribution in [2.75, 3.05) is 0 Å². The Labute approximate surface area is 118 Å². The van der Waals surface area contributed by atoms with E-state index in [-0.39, 0.29) is 0 Å². The second-order valence-electron chi connectivity index (χ2n) is 4.95. The number of rotatable bonds is 5. The molecular formula is C17H18O3. The normalized spacial score (nSPS) is 11.9. The third-order valence-electron chi connectivity index (χ3n) is 3.08. The van der Waals surface area contributed by atoms with E-state index in [0.29, 0.717) is 12.2 Å². The lowest BCUT2D eigenvalue weighted by Crippen LogP contribution is -2.29. The van der Waals surface area contributed by atoms with Crippen LogP contribution in [0.25, 0.3) is 0 Å². The highest BCUT2D eigenvalue weighted by Gasteiger charge is 2.20. The first kappa shape index (κ1) is 14.1. The molecule has 0 fully saturated rings. The van der Waals surface area contributed by atoms with Crippen molar-refractivity contribution in [2.45, 2.75) is 26.4 Å². The molecule has 0 aromatic heterocycles. The molecule has 3 nitrogen and oxygen atoms in total. The molecule has 0 unspecified atom stereocenters. The van der Waals surface area contributed by atoms with Gasteiger partial charge in [0.2, 0.25) is 0 Å². The molecule has 3 heteroatoms. The van der Waals surface area contributed by atoms with Gasteiger partial charge in [0.05, 0.1) is 0 Å². The van der Waals surface area contributed by atoms with Crippen LogP contribution >= 0.6 is 0 Å². The highest BCUT2D eigenvalue weighted by molar-refractivity contribution is 5.73. The molecule has 2 aromatic carbocycles. The van der Waals surface area contributed by atoms with Crippen LogP contribution < -0.4 is 4.74 Å². The molecule has 1 atom stereocenters. The Morgan fingerprint density at radius 1 is 1.10 bits per heavy atom. The molecule has 0 aliphatic rings. The Kier molecular flexibility index (Phi) is 4.41. The van der Waals surface area contributed by atoms with Crippen molar-refractivity contribution in [3.63, 3.8) is 0 Å². The van der Waals surface area contributed by atoms with Gasteiger partial charge in [0, 0.05) is 6.42 Å². The minimum absolute atomic E-state index is 0.352. The smallest absolute Gasteiger partial charge is 0.345 e. The largest absolute Gasteiger partial charge is 0.478 e. The van der Waals surface area contributed by atoms with Crippen LogP contribution in [-0.4, -0.2) is 17.2 Å². The number of hydrogen-bond donors (Lipinski definition) is 1. The highest BCUT2D eigenvalue weighted by Crippen LogP contribution is 2.16. The Morgan fingerprint density at radius 3 is 2.40 bits per heavy atom. The summed E-state index contributed by atoms with van der Waals surface area (Å²) in [5, 5.41) is 9.29. The molecule has 0 radical (unpaired) electrons. The Morgan fingerprint density at radius 2 is 1.80 bits per heavy atom. The van der Waals surface area contributed by atoms with Crippen LogP contribution in [0, 0.1) is 13.8 Å². The molecule has 0 amide bonds. The van der Waals surface area contributed by atoms with Crippen molar-refractivity contribution < 1.29 is 14.6 Å². The number of hydrogen-bond acceptors (Lipinski definition) is 2. The molecule has 1 N–H and O–H groups in total. The van der Waals surface area contributed by atoms with E-state index >= 15 is 0 Å². The fourth-order valence-corrected chi connectivity index (χ4v) is 2.01. The minimum Gasteiger partial charge on any atom is -0.478 e. The molecule has 0 bridgehead atoms. The first-order valence-corrected chi connectivity index (χ1v) is 6.56. The summed E-state index contributed by atoms with van der Waals surface area (Å²) in [6.07, 6.45) is -0.523. The van der Waals surface area contributed by atoms with Crippen molar-refractivity contribution in [3.05, 3.63) is 65.2 Å². The van der Waals surface area contributed by atoms with E-state index in [4.69, 9.17) is 4.74 Å². The van der Waals surface area contributed by atoms with Crippen LogP contribution in [0.15, 0.2) is 48.5 Å². The van der Waals surface area contributed by atoms with Gasteiger partial charge in [-0.15, -0.1) is 0 Å². The number of aliphatic carboxylic acids is 1. The SMILES string of the molecule is Cc1ccc(O[C@@H](Cc2cccc(C)c2)C(=O)O)cc1. The Balaban J connectivity index is 2.11. The van der Waals surface area contributed by atoms with Crippen LogP contribution in [0.1, 0.15) is 16.7 Å². The summed E-state index contributed by atoms with van der Waals surface area (Å²) < 4.78 is 5.58. The third kappa shape index (κ3) is 3.85. The molecule has 0 heterocycles. The summed E-state index contributed by atoms with van der Waals surface area (Å²) in [5.74, 6) is -0.372. The van der Waals surface area contributed by atoms with E-state index in [9.17, 15) is 9.90 Å². The number of ether oxygens (including phenoxy) is 1. The van der Waals surface area contributed by atoms with Gasteiger partial charge in [0.1, 0.15) is 5.75 Å². The van der Waals surface area contributed by atoms with Gasteiger partial charge in [0.15, 0.2) is 6.10 Å². The molecule has 0 aliphatic carbocycles. The summed E-state index contributed by atoms with van der Waals surface area (Å²) >= 11 is 0. The molecule has 2 rings (SSSR count). The molecular weight excluding hydrogens is 252 g/mol. The van der Waals surface area contributed by atoms with Crippen LogP contribution in [0.3, 0.4) is 0 Å². The Hall–Kier alpha value is -2.29. The maximum atomic E-state index is 11.3. The van der Waals surface area contributed by atoms with Crippen molar-refractivity contribution in [3.8, 4) is 5.75 Å². The Bertz CT molecular complexity index is 587. The number of carboxylic acids is 1. The highest BCUT2D eigenvalue weighted by atomic mass is 16.5. The number of carbonyl (C=O) groups is 1. The second kappa shape index (κ2) is 6.24. The fraction of sp³-hybridized carbons (Fsp3) is 0.235.